The lowest BCUT2D eigenvalue weighted by molar-refractivity contribution is 0.0746. The number of carbonyl (C=O) groups excluding carboxylic acids is 1. The first kappa shape index (κ1) is 18.9. The van der Waals surface area contributed by atoms with Crippen LogP contribution in [0.1, 0.15) is 17.3 Å². The Hall–Kier alpha value is -3.41. The number of anilines is 3. The summed E-state index contributed by atoms with van der Waals surface area (Å²) < 4.78 is 0. The van der Waals surface area contributed by atoms with Gasteiger partial charge in [0.2, 0.25) is 5.95 Å². The molecule has 0 spiro atoms. The molecule has 2 heterocycles. The molecular formula is C23H25N5O. The van der Waals surface area contributed by atoms with Gasteiger partial charge >= 0.3 is 0 Å². The summed E-state index contributed by atoms with van der Waals surface area (Å²) in [6.45, 7) is 5.85. The van der Waals surface area contributed by atoms with Gasteiger partial charge < -0.3 is 14.7 Å². The van der Waals surface area contributed by atoms with Gasteiger partial charge in [-0.1, -0.05) is 36.4 Å². The van der Waals surface area contributed by atoms with Crippen molar-refractivity contribution in [2.45, 2.75) is 6.92 Å². The number of carbonyl (C=O) groups is 1. The molecule has 3 aromatic rings. The standard InChI is InChI=1S/C23H25N5O/c1-2-28(21-11-7-4-8-12-21)23-24-17-19(18-25-23)22(29)27-15-13-26(14-16-27)20-9-5-3-6-10-20/h3-12,17-18H,2,13-16H2,1H3. The van der Waals surface area contributed by atoms with Crippen molar-refractivity contribution < 1.29 is 4.79 Å². The molecule has 1 aromatic heterocycles. The van der Waals surface area contributed by atoms with E-state index in [1.807, 2.05) is 58.3 Å². The number of benzene rings is 2. The summed E-state index contributed by atoms with van der Waals surface area (Å²) in [6, 6.07) is 20.3. The highest BCUT2D eigenvalue weighted by Crippen LogP contribution is 2.21. The van der Waals surface area contributed by atoms with Crippen molar-refractivity contribution in [3.05, 3.63) is 78.6 Å². The Labute approximate surface area is 171 Å². The summed E-state index contributed by atoms with van der Waals surface area (Å²) in [4.78, 5) is 28.0. The monoisotopic (exact) mass is 387 g/mol. The predicted molar refractivity (Wildman–Crippen MR) is 116 cm³/mol. The van der Waals surface area contributed by atoms with E-state index in [0.29, 0.717) is 24.6 Å². The van der Waals surface area contributed by atoms with Gasteiger partial charge in [0.1, 0.15) is 0 Å². The summed E-state index contributed by atoms with van der Waals surface area (Å²) in [7, 11) is 0. The Kier molecular flexibility index (Phi) is 5.70. The maximum atomic E-state index is 12.9. The van der Waals surface area contributed by atoms with E-state index in [1.165, 1.54) is 5.69 Å². The van der Waals surface area contributed by atoms with Crippen molar-refractivity contribution in [1.82, 2.24) is 14.9 Å². The molecule has 0 bridgehead atoms. The average Bonchev–Trinajstić information content (AvgIpc) is 2.81. The molecule has 0 N–H and O–H groups in total. The third-order valence-electron chi connectivity index (χ3n) is 5.20. The van der Waals surface area contributed by atoms with Gasteiger partial charge in [-0.3, -0.25) is 4.79 Å². The maximum absolute atomic E-state index is 12.9. The smallest absolute Gasteiger partial charge is 0.257 e. The first-order chi connectivity index (χ1) is 14.3. The summed E-state index contributed by atoms with van der Waals surface area (Å²) >= 11 is 0. The van der Waals surface area contributed by atoms with E-state index >= 15 is 0 Å². The van der Waals surface area contributed by atoms with Crippen molar-refractivity contribution in [1.29, 1.82) is 0 Å². The number of para-hydroxylation sites is 2. The number of amides is 1. The van der Waals surface area contributed by atoms with E-state index in [2.05, 4.69) is 33.9 Å². The van der Waals surface area contributed by atoms with Crippen molar-refractivity contribution in [2.24, 2.45) is 0 Å². The van der Waals surface area contributed by atoms with Gasteiger partial charge in [-0.05, 0) is 31.2 Å². The molecule has 0 atom stereocenters. The van der Waals surface area contributed by atoms with E-state index in [4.69, 9.17) is 0 Å². The first-order valence-corrected chi connectivity index (χ1v) is 10.00. The fraction of sp³-hybridized carbons (Fsp3) is 0.261. The molecule has 1 fully saturated rings. The Balaban J connectivity index is 1.41. The lowest BCUT2D eigenvalue weighted by atomic mass is 10.2. The molecule has 148 valence electrons. The minimum Gasteiger partial charge on any atom is -0.368 e. The summed E-state index contributed by atoms with van der Waals surface area (Å²) in [6.07, 6.45) is 3.28. The minimum atomic E-state index is -0.00739. The highest BCUT2D eigenvalue weighted by molar-refractivity contribution is 5.94. The molecule has 1 aliphatic rings. The van der Waals surface area contributed by atoms with Gasteiger partial charge in [-0.15, -0.1) is 0 Å². The van der Waals surface area contributed by atoms with E-state index in [0.717, 1.165) is 25.3 Å². The average molecular weight is 387 g/mol. The van der Waals surface area contributed by atoms with Gasteiger partial charge in [0.05, 0.1) is 5.56 Å². The number of hydrogen-bond donors (Lipinski definition) is 0. The Morgan fingerprint density at radius 1 is 0.897 bits per heavy atom. The molecule has 6 nitrogen and oxygen atoms in total. The molecular weight excluding hydrogens is 362 g/mol. The fourth-order valence-corrected chi connectivity index (χ4v) is 3.61. The van der Waals surface area contributed by atoms with Crippen LogP contribution in [0.3, 0.4) is 0 Å². The molecule has 29 heavy (non-hydrogen) atoms. The van der Waals surface area contributed by atoms with Crippen LogP contribution in [-0.4, -0.2) is 53.5 Å². The van der Waals surface area contributed by atoms with Crippen molar-refractivity contribution in [3.8, 4) is 0 Å². The number of hydrogen-bond acceptors (Lipinski definition) is 5. The fourth-order valence-electron chi connectivity index (χ4n) is 3.61. The van der Waals surface area contributed by atoms with Gasteiger partial charge in [-0.2, -0.15) is 0 Å². The number of piperazine rings is 1. The predicted octanol–water partition coefficient (Wildman–Crippen LogP) is 3.60. The van der Waals surface area contributed by atoms with Crippen molar-refractivity contribution in [2.75, 3.05) is 42.5 Å². The Bertz CT molecular complexity index is 923. The summed E-state index contributed by atoms with van der Waals surface area (Å²) in [5.74, 6) is 0.594. The zero-order valence-electron chi connectivity index (χ0n) is 16.6. The second-order valence-corrected chi connectivity index (χ2v) is 6.97. The van der Waals surface area contributed by atoms with Crippen LogP contribution in [-0.2, 0) is 0 Å². The molecule has 2 aromatic carbocycles. The molecule has 1 aliphatic heterocycles. The molecule has 0 radical (unpaired) electrons. The molecule has 0 unspecified atom stereocenters. The first-order valence-electron chi connectivity index (χ1n) is 10.00. The van der Waals surface area contributed by atoms with E-state index in [-0.39, 0.29) is 5.91 Å². The minimum absolute atomic E-state index is 0.00739. The topological polar surface area (TPSA) is 52.6 Å². The largest absolute Gasteiger partial charge is 0.368 e. The third-order valence-corrected chi connectivity index (χ3v) is 5.20. The van der Waals surface area contributed by atoms with Crippen molar-refractivity contribution >= 4 is 23.2 Å². The number of aromatic nitrogens is 2. The van der Waals surface area contributed by atoms with Gasteiger partial charge in [0, 0.05) is 56.5 Å². The molecule has 0 aliphatic carbocycles. The zero-order chi connectivity index (χ0) is 20.1. The van der Waals surface area contributed by atoms with Crippen LogP contribution in [0.15, 0.2) is 73.1 Å². The molecule has 1 saturated heterocycles. The number of nitrogens with zero attached hydrogens (tertiary/aromatic N) is 5. The summed E-state index contributed by atoms with van der Waals surface area (Å²) in [5, 5.41) is 0. The van der Waals surface area contributed by atoms with Crippen LogP contribution in [0.5, 0.6) is 0 Å². The van der Waals surface area contributed by atoms with Crippen LogP contribution < -0.4 is 9.80 Å². The van der Waals surface area contributed by atoms with Gasteiger partial charge in [-0.25, -0.2) is 9.97 Å². The summed E-state index contributed by atoms with van der Waals surface area (Å²) in [5.41, 5.74) is 2.77. The zero-order valence-corrected chi connectivity index (χ0v) is 16.6. The quantitative estimate of drug-likeness (QED) is 0.670. The highest BCUT2D eigenvalue weighted by atomic mass is 16.2. The van der Waals surface area contributed by atoms with E-state index < -0.39 is 0 Å². The third kappa shape index (κ3) is 4.21. The van der Waals surface area contributed by atoms with Crippen LogP contribution in [0.2, 0.25) is 0 Å². The van der Waals surface area contributed by atoms with E-state index in [9.17, 15) is 4.79 Å². The second-order valence-electron chi connectivity index (χ2n) is 6.97. The van der Waals surface area contributed by atoms with Crippen LogP contribution in [0, 0.1) is 0 Å². The molecule has 1 amide bonds. The van der Waals surface area contributed by atoms with Crippen molar-refractivity contribution in [3.63, 3.8) is 0 Å². The molecule has 4 rings (SSSR count). The van der Waals surface area contributed by atoms with Crippen LogP contribution in [0.25, 0.3) is 0 Å². The van der Waals surface area contributed by atoms with Crippen LogP contribution >= 0.6 is 0 Å². The van der Waals surface area contributed by atoms with E-state index in [1.54, 1.807) is 12.4 Å². The number of rotatable bonds is 5. The van der Waals surface area contributed by atoms with Gasteiger partial charge in [0.15, 0.2) is 0 Å². The SMILES string of the molecule is CCN(c1ccccc1)c1ncc(C(=O)N2CCN(c3ccccc3)CC2)cn1. The Morgan fingerprint density at radius 2 is 1.48 bits per heavy atom. The molecule has 6 heteroatoms. The lowest BCUT2D eigenvalue weighted by Crippen LogP contribution is -2.48. The van der Waals surface area contributed by atoms with Gasteiger partial charge in [0.25, 0.3) is 5.91 Å². The normalized spacial score (nSPS) is 14.0. The highest BCUT2D eigenvalue weighted by Gasteiger charge is 2.23. The van der Waals surface area contributed by atoms with Crippen LogP contribution in [0.4, 0.5) is 17.3 Å². The maximum Gasteiger partial charge on any atom is 0.257 e. The Morgan fingerprint density at radius 3 is 2.07 bits per heavy atom. The molecule has 0 saturated carbocycles. The lowest BCUT2D eigenvalue weighted by Gasteiger charge is -2.36. The second kappa shape index (κ2) is 8.73.